The monoisotopic (exact) mass is 373 g/mol. The number of benzene rings is 2. The van der Waals surface area contributed by atoms with Gasteiger partial charge in [0.15, 0.2) is 0 Å². The van der Waals surface area contributed by atoms with Gasteiger partial charge in [-0.1, -0.05) is 47.6 Å². The van der Waals surface area contributed by atoms with Crippen molar-refractivity contribution in [2.24, 2.45) is 0 Å². The Morgan fingerprint density at radius 1 is 1.04 bits per heavy atom. The highest BCUT2D eigenvalue weighted by Crippen LogP contribution is 2.28. The van der Waals surface area contributed by atoms with E-state index in [0.717, 1.165) is 10.9 Å². The number of hydrogen-bond acceptors (Lipinski definition) is 4. The predicted molar refractivity (Wildman–Crippen MR) is 96.8 cm³/mol. The third-order valence-electron chi connectivity index (χ3n) is 3.53. The van der Waals surface area contributed by atoms with E-state index in [1.807, 2.05) is 24.3 Å². The minimum atomic E-state index is 0.469. The summed E-state index contributed by atoms with van der Waals surface area (Å²) in [6, 6.07) is 12.9. The van der Waals surface area contributed by atoms with Gasteiger partial charge in [-0.05, 0) is 30.3 Å². The second kappa shape index (κ2) is 5.98. The second-order valence-electron chi connectivity index (χ2n) is 5.01. The lowest BCUT2D eigenvalue weighted by Gasteiger charge is -2.15. The van der Waals surface area contributed by atoms with Crippen molar-refractivity contribution in [2.45, 2.75) is 0 Å². The highest BCUT2D eigenvalue weighted by atomic mass is 35.5. The molecule has 0 saturated heterocycles. The minimum Gasteiger partial charge on any atom is -0.267 e. The number of aromatic nitrogens is 5. The summed E-state index contributed by atoms with van der Waals surface area (Å²) in [5.74, 6) is 0.500. The summed E-state index contributed by atoms with van der Waals surface area (Å²) < 4.78 is 3.90. The first-order valence-electron chi connectivity index (χ1n) is 6.97. The fourth-order valence-electron chi connectivity index (χ4n) is 2.47. The zero-order valence-corrected chi connectivity index (χ0v) is 14.4. The van der Waals surface area contributed by atoms with Gasteiger partial charge in [0.25, 0.3) is 0 Å². The highest BCUT2D eigenvalue weighted by molar-refractivity contribution is 7.71. The van der Waals surface area contributed by atoms with Crippen LogP contribution in [0.2, 0.25) is 10.0 Å². The molecule has 0 spiro atoms. The molecule has 8 heteroatoms. The Labute approximate surface area is 152 Å². The van der Waals surface area contributed by atoms with Crippen LogP contribution < -0.4 is 0 Å². The van der Waals surface area contributed by atoms with Gasteiger partial charge in [-0.15, -0.1) is 0 Å². The molecule has 2 aromatic carbocycles. The Hall–Kier alpha value is -2.28. The minimum absolute atomic E-state index is 0.469. The first-order chi connectivity index (χ1) is 11.6. The topological polar surface area (TPSA) is 48.5 Å². The molecule has 0 radical (unpaired) electrons. The summed E-state index contributed by atoms with van der Waals surface area (Å²) in [6.07, 6.45) is 3.00. The van der Waals surface area contributed by atoms with Crippen molar-refractivity contribution >= 4 is 46.3 Å². The molecule has 0 fully saturated rings. The van der Waals surface area contributed by atoms with Gasteiger partial charge >= 0.3 is 0 Å². The standard InChI is InChI=1S/C16H9Cl2N5S/c17-10-5-6-14(12(18)7-10)23-15(24)11-3-1-2-4-13(11)21-16(23)22-9-19-8-20-22/h1-9H. The van der Waals surface area contributed by atoms with Crippen LogP contribution in [0.4, 0.5) is 0 Å². The van der Waals surface area contributed by atoms with Crippen LogP contribution in [-0.2, 0) is 0 Å². The van der Waals surface area contributed by atoms with Crippen molar-refractivity contribution in [3.8, 4) is 11.6 Å². The van der Waals surface area contributed by atoms with Gasteiger partial charge in [-0.3, -0.25) is 4.57 Å². The van der Waals surface area contributed by atoms with Gasteiger partial charge in [-0.25, -0.2) is 9.97 Å². The van der Waals surface area contributed by atoms with Crippen molar-refractivity contribution in [1.82, 2.24) is 24.3 Å². The molecule has 24 heavy (non-hydrogen) atoms. The van der Waals surface area contributed by atoms with Crippen molar-refractivity contribution < 1.29 is 0 Å². The van der Waals surface area contributed by atoms with E-state index in [1.165, 1.54) is 6.33 Å². The SMILES string of the molecule is S=c1c2ccccc2nc(-n2cncn2)n1-c1ccc(Cl)cc1Cl. The maximum atomic E-state index is 6.40. The molecule has 0 aliphatic carbocycles. The summed E-state index contributed by atoms with van der Waals surface area (Å²) in [5, 5.41) is 6.04. The number of nitrogens with zero attached hydrogens (tertiary/aromatic N) is 5. The van der Waals surface area contributed by atoms with Gasteiger partial charge in [0.2, 0.25) is 5.95 Å². The normalized spacial score (nSPS) is 11.1. The molecule has 0 amide bonds. The van der Waals surface area contributed by atoms with E-state index < -0.39 is 0 Å². The second-order valence-corrected chi connectivity index (χ2v) is 6.24. The van der Waals surface area contributed by atoms with E-state index in [-0.39, 0.29) is 0 Å². The van der Waals surface area contributed by atoms with Crippen molar-refractivity contribution in [3.05, 3.63) is 69.8 Å². The molecule has 5 nitrogen and oxygen atoms in total. The molecule has 0 aliphatic heterocycles. The largest absolute Gasteiger partial charge is 0.267 e. The lowest BCUT2D eigenvalue weighted by atomic mass is 10.2. The van der Waals surface area contributed by atoms with E-state index in [4.69, 9.17) is 35.4 Å². The molecule has 2 heterocycles. The molecule has 0 atom stereocenters. The molecule has 0 bridgehead atoms. The number of hydrogen-bond donors (Lipinski definition) is 0. The zero-order valence-electron chi connectivity index (χ0n) is 12.1. The molecule has 4 rings (SSSR count). The van der Waals surface area contributed by atoms with E-state index in [9.17, 15) is 0 Å². The molecule has 4 aromatic rings. The van der Waals surface area contributed by atoms with Crippen LogP contribution in [0.25, 0.3) is 22.5 Å². The summed E-state index contributed by atoms with van der Waals surface area (Å²) in [4.78, 5) is 8.67. The lowest BCUT2D eigenvalue weighted by Crippen LogP contribution is -2.12. The quantitative estimate of drug-likeness (QED) is 0.480. The number of fused-ring (bicyclic) bond motifs is 1. The summed E-state index contributed by atoms with van der Waals surface area (Å²) in [5.41, 5.74) is 1.45. The maximum Gasteiger partial charge on any atom is 0.238 e. The van der Waals surface area contributed by atoms with Crippen molar-refractivity contribution in [2.75, 3.05) is 0 Å². The van der Waals surface area contributed by atoms with E-state index in [1.54, 1.807) is 33.8 Å². The predicted octanol–water partition coefficient (Wildman–Crippen LogP) is 4.64. The molecular weight excluding hydrogens is 365 g/mol. The van der Waals surface area contributed by atoms with Crippen LogP contribution >= 0.6 is 35.4 Å². The third kappa shape index (κ3) is 2.49. The lowest BCUT2D eigenvalue weighted by molar-refractivity contribution is 0.768. The fourth-order valence-corrected chi connectivity index (χ4v) is 3.31. The maximum absolute atomic E-state index is 6.40. The zero-order chi connectivity index (χ0) is 16.7. The van der Waals surface area contributed by atoms with Crippen molar-refractivity contribution in [1.29, 1.82) is 0 Å². The average Bonchev–Trinajstić information content (AvgIpc) is 3.10. The van der Waals surface area contributed by atoms with Crippen LogP contribution in [0.3, 0.4) is 0 Å². The van der Waals surface area contributed by atoms with Crippen LogP contribution in [0.5, 0.6) is 0 Å². The third-order valence-corrected chi connectivity index (χ3v) is 4.47. The molecule has 0 saturated carbocycles. The highest BCUT2D eigenvalue weighted by Gasteiger charge is 2.15. The molecular formula is C16H9Cl2N5S. The van der Waals surface area contributed by atoms with Crippen LogP contribution in [0.15, 0.2) is 55.1 Å². The van der Waals surface area contributed by atoms with Crippen molar-refractivity contribution in [3.63, 3.8) is 0 Å². The smallest absolute Gasteiger partial charge is 0.238 e. The molecule has 0 aliphatic rings. The Balaban J connectivity index is 2.15. The number of halogens is 2. The van der Waals surface area contributed by atoms with Gasteiger partial charge in [-0.2, -0.15) is 9.78 Å². The van der Waals surface area contributed by atoms with Gasteiger partial charge in [0.05, 0.1) is 16.2 Å². The molecule has 0 N–H and O–H groups in total. The first kappa shape index (κ1) is 15.3. The van der Waals surface area contributed by atoms with Gasteiger partial charge in [0, 0.05) is 10.4 Å². The van der Waals surface area contributed by atoms with Crippen LogP contribution in [0, 0.1) is 4.64 Å². The summed E-state index contributed by atoms with van der Waals surface area (Å²) in [7, 11) is 0. The summed E-state index contributed by atoms with van der Waals surface area (Å²) in [6.45, 7) is 0. The Morgan fingerprint density at radius 3 is 2.62 bits per heavy atom. The fraction of sp³-hybridized carbons (Fsp3) is 0. The molecule has 0 unspecified atom stereocenters. The molecule has 2 aromatic heterocycles. The van der Waals surface area contributed by atoms with Gasteiger partial charge < -0.3 is 0 Å². The molecule has 118 valence electrons. The number of rotatable bonds is 2. The van der Waals surface area contributed by atoms with Crippen LogP contribution in [0.1, 0.15) is 0 Å². The van der Waals surface area contributed by atoms with E-state index in [2.05, 4.69) is 15.1 Å². The van der Waals surface area contributed by atoms with Crippen LogP contribution in [-0.4, -0.2) is 24.3 Å². The summed E-state index contributed by atoms with van der Waals surface area (Å²) >= 11 is 18.1. The first-order valence-corrected chi connectivity index (χ1v) is 8.14. The van der Waals surface area contributed by atoms with E-state index in [0.29, 0.717) is 26.3 Å². The van der Waals surface area contributed by atoms with E-state index >= 15 is 0 Å². The Kier molecular flexibility index (Phi) is 3.80. The van der Waals surface area contributed by atoms with Gasteiger partial charge in [0.1, 0.15) is 17.3 Å². The average molecular weight is 374 g/mol. The Morgan fingerprint density at radius 2 is 1.88 bits per heavy atom. The Bertz CT molecular complexity index is 1110. The number of para-hydroxylation sites is 1.